The molecule has 1 saturated carbocycles. The number of morpholine rings is 1. The van der Waals surface area contributed by atoms with E-state index in [2.05, 4.69) is 10.0 Å². The molecule has 0 unspecified atom stereocenters. The molecular formula is C30H37FN4O3. The number of halogens is 1. The van der Waals surface area contributed by atoms with Crippen molar-refractivity contribution in [2.45, 2.75) is 45.1 Å². The topological polar surface area (TPSA) is 65.5 Å². The predicted molar refractivity (Wildman–Crippen MR) is 144 cm³/mol. The molecule has 1 saturated heterocycles. The predicted octanol–water partition coefficient (Wildman–Crippen LogP) is 4.16. The molecule has 0 bridgehead atoms. The first-order valence-electron chi connectivity index (χ1n) is 13.8. The van der Waals surface area contributed by atoms with Gasteiger partial charge in [0.05, 0.1) is 25.0 Å². The molecule has 2 aromatic rings. The largest absolute Gasteiger partial charge is 0.379 e. The molecule has 1 aliphatic carbocycles. The molecule has 0 spiro atoms. The van der Waals surface area contributed by atoms with Crippen LogP contribution < -0.4 is 0 Å². The van der Waals surface area contributed by atoms with Crippen LogP contribution in [0.15, 0.2) is 53.6 Å². The van der Waals surface area contributed by atoms with Crippen molar-refractivity contribution < 1.29 is 18.7 Å². The van der Waals surface area contributed by atoms with Crippen molar-refractivity contribution in [2.75, 3.05) is 45.9 Å². The van der Waals surface area contributed by atoms with Gasteiger partial charge >= 0.3 is 0 Å². The van der Waals surface area contributed by atoms with Crippen molar-refractivity contribution >= 4 is 17.5 Å². The van der Waals surface area contributed by atoms with Crippen LogP contribution in [-0.4, -0.2) is 78.3 Å². The fraction of sp³-hybridized carbons (Fsp3) is 0.500. The first-order chi connectivity index (χ1) is 18.5. The second-order valence-electron chi connectivity index (χ2n) is 10.6. The first kappa shape index (κ1) is 26.5. The van der Waals surface area contributed by atoms with Gasteiger partial charge in [-0.2, -0.15) is 5.10 Å². The molecule has 0 radical (unpaired) electrons. The molecule has 7 nitrogen and oxygen atoms in total. The third-order valence-corrected chi connectivity index (χ3v) is 7.94. The average molecular weight is 521 g/mol. The third kappa shape index (κ3) is 6.13. The highest BCUT2D eigenvalue weighted by molar-refractivity contribution is 6.03. The number of hydrogen-bond donors (Lipinski definition) is 0. The number of ether oxygens (including phenoxy) is 1. The molecule has 0 N–H and O–H groups in total. The summed E-state index contributed by atoms with van der Waals surface area (Å²) in [6.45, 7) is 6.23. The summed E-state index contributed by atoms with van der Waals surface area (Å²) in [6.07, 6.45) is 4.29. The molecule has 2 amide bonds. The maximum atomic E-state index is 14.7. The molecule has 2 aliphatic heterocycles. The summed E-state index contributed by atoms with van der Waals surface area (Å²) in [6, 6.07) is 14.2. The Morgan fingerprint density at radius 1 is 1.05 bits per heavy atom. The normalized spacial score (nSPS) is 20.5. The van der Waals surface area contributed by atoms with Gasteiger partial charge in [-0.1, -0.05) is 60.9 Å². The van der Waals surface area contributed by atoms with Crippen LogP contribution in [0.25, 0.3) is 0 Å². The summed E-state index contributed by atoms with van der Waals surface area (Å²) in [7, 11) is 0. The van der Waals surface area contributed by atoms with Crippen molar-refractivity contribution in [1.82, 2.24) is 14.8 Å². The van der Waals surface area contributed by atoms with Crippen molar-refractivity contribution in [3.8, 4) is 0 Å². The number of nitrogens with zero attached hydrogens (tertiary/aromatic N) is 4. The highest BCUT2D eigenvalue weighted by atomic mass is 19.1. The van der Waals surface area contributed by atoms with Gasteiger partial charge in [0.25, 0.3) is 5.91 Å². The number of aryl methyl sites for hydroxylation is 1. The van der Waals surface area contributed by atoms with Gasteiger partial charge in [-0.25, -0.2) is 9.40 Å². The van der Waals surface area contributed by atoms with Gasteiger partial charge in [0, 0.05) is 44.1 Å². The number of hydrazone groups is 1. The molecule has 3 aliphatic rings. The number of hydrogen-bond acceptors (Lipinski definition) is 5. The summed E-state index contributed by atoms with van der Waals surface area (Å²) in [5.41, 5.74) is 3.02. The Morgan fingerprint density at radius 2 is 1.76 bits per heavy atom. The summed E-state index contributed by atoms with van der Waals surface area (Å²) in [5, 5.41) is 6.14. The van der Waals surface area contributed by atoms with Gasteiger partial charge in [0.2, 0.25) is 5.91 Å². The maximum absolute atomic E-state index is 14.7. The molecule has 202 valence electrons. The van der Waals surface area contributed by atoms with Crippen LogP contribution in [0, 0.1) is 18.7 Å². The smallest absolute Gasteiger partial charge is 0.262 e. The highest BCUT2D eigenvalue weighted by Gasteiger charge is 2.36. The van der Waals surface area contributed by atoms with E-state index in [1.165, 1.54) is 11.1 Å². The zero-order valence-corrected chi connectivity index (χ0v) is 22.2. The number of rotatable bonds is 8. The highest BCUT2D eigenvalue weighted by Crippen LogP contribution is 2.34. The fourth-order valence-corrected chi connectivity index (χ4v) is 5.67. The standard InChI is InChI=1S/C30H37FN4O3/c1-22-10-12-23(13-11-22)28-20-27(25-8-4-5-9-26(25)31)32-35(28)29(36)21-34(30(37)24-6-2-3-7-24)15-14-33-16-18-38-19-17-33/h4-5,8-13,24,28H,2-3,6-7,14-21H2,1H3/t28-/m0/s1. The van der Waals surface area contributed by atoms with Crippen molar-refractivity contribution in [3.63, 3.8) is 0 Å². The number of carbonyl (C=O) groups is 2. The van der Waals surface area contributed by atoms with E-state index < -0.39 is 0 Å². The monoisotopic (exact) mass is 520 g/mol. The third-order valence-electron chi connectivity index (χ3n) is 7.94. The second-order valence-corrected chi connectivity index (χ2v) is 10.6. The molecule has 0 aromatic heterocycles. The van der Waals surface area contributed by atoms with E-state index in [9.17, 15) is 14.0 Å². The Balaban J connectivity index is 1.38. The minimum Gasteiger partial charge on any atom is -0.379 e. The zero-order chi connectivity index (χ0) is 26.5. The number of amides is 2. The summed E-state index contributed by atoms with van der Waals surface area (Å²) in [5.74, 6) is -0.549. The van der Waals surface area contributed by atoms with Gasteiger partial charge < -0.3 is 9.64 Å². The van der Waals surface area contributed by atoms with Crippen LogP contribution in [0.3, 0.4) is 0 Å². The van der Waals surface area contributed by atoms with E-state index in [4.69, 9.17) is 4.74 Å². The van der Waals surface area contributed by atoms with E-state index in [-0.39, 0.29) is 36.1 Å². The molecule has 2 aromatic carbocycles. The lowest BCUT2D eigenvalue weighted by atomic mass is 9.97. The summed E-state index contributed by atoms with van der Waals surface area (Å²) in [4.78, 5) is 31.4. The first-order valence-corrected chi connectivity index (χ1v) is 13.8. The summed E-state index contributed by atoms with van der Waals surface area (Å²) < 4.78 is 20.1. The lowest BCUT2D eigenvalue weighted by molar-refractivity contribution is -0.144. The fourth-order valence-electron chi connectivity index (χ4n) is 5.67. The zero-order valence-electron chi connectivity index (χ0n) is 22.2. The van der Waals surface area contributed by atoms with E-state index in [1.54, 1.807) is 23.1 Å². The van der Waals surface area contributed by atoms with Gasteiger partial charge in [-0.15, -0.1) is 0 Å². The molecular weight excluding hydrogens is 483 g/mol. The Kier molecular flexibility index (Phi) is 8.49. The SMILES string of the molecule is Cc1ccc([C@@H]2CC(c3ccccc3F)=NN2C(=O)CN(CCN2CCOCC2)C(=O)C2CCCC2)cc1. The lowest BCUT2D eigenvalue weighted by Gasteiger charge is -2.32. The quantitative estimate of drug-likeness (QED) is 0.524. The number of carbonyl (C=O) groups excluding carboxylic acids is 2. The molecule has 1 atom stereocenters. The Bertz CT molecular complexity index is 1160. The van der Waals surface area contributed by atoms with Gasteiger partial charge in [0.1, 0.15) is 12.4 Å². The Morgan fingerprint density at radius 3 is 2.47 bits per heavy atom. The molecule has 5 rings (SSSR count). The van der Waals surface area contributed by atoms with Crippen LogP contribution in [-0.2, 0) is 14.3 Å². The lowest BCUT2D eigenvalue weighted by Crippen LogP contribution is -2.47. The second kappa shape index (κ2) is 12.2. The number of benzene rings is 2. The molecule has 2 heterocycles. The van der Waals surface area contributed by atoms with Crippen LogP contribution in [0.5, 0.6) is 0 Å². The van der Waals surface area contributed by atoms with Crippen LogP contribution in [0.2, 0.25) is 0 Å². The van der Waals surface area contributed by atoms with Crippen LogP contribution in [0.1, 0.15) is 54.8 Å². The van der Waals surface area contributed by atoms with Gasteiger partial charge in [-0.05, 0) is 31.4 Å². The van der Waals surface area contributed by atoms with E-state index in [0.29, 0.717) is 44.0 Å². The summed E-state index contributed by atoms with van der Waals surface area (Å²) >= 11 is 0. The van der Waals surface area contributed by atoms with Crippen molar-refractivity contribution in [3.05, 3.63) is 71.0 Å². The van der Waals surface area contributed by atoms with E-state index in [0.717, 1.165) is 49.9 Å². The van der Waals surface area contributed by atoms with Crippen molar-refractivity contribution in [1.29, 1.82) is 0 Å². The minimum atomic E-state index is -0.355. The van der Waals surface area contributed by atoms with Crippen molar-refractivity contribution in [2.24, 2.45) is 11.0 Å². The maximum Gasteiger partial charge on any atom is 0.262 e. The van der Waals surface area contributed by atoms with E-state index >= 15 is 0 Å². The molecule has 8 heteroatoms. The minimum absolute atomic E-state index is 0.0172. The Hall–Kier alpha value is -3.10. The average Bonchev–Trinajstić information content (AvgIpc) is 3.63. The van der Waals surface area contributed by atoms with Gasteiger partial charge in [-0.3, -0.25) is 14.5 Å². The van der Waals surface area contributed by atoms with Crippen LogP contribution >= 0.6 is 0 Å². The van der Waals surface area contributed by atoms with E-state index in [1.807, 2.05) is 31.2 Å². The van der Waals surface area contributed by atoms with Gasteiger partial charge in [0.15, 0.2) is 0 Å². The molecule has 38 heavy (non-hydrogen) atoms. The Labute approximate surface area is 224 Å². The molecule has 2 fully saturated rings. The van der Waals surface area contributed by atoms with Crippen LogP contribution in [0.4, 0.5) is 4.39 Å².